The summed E-state index contributed by atoms with van der Waals surface area (Å²) in [6.45, 7) is 4.90. The monoisotopic (exact) mass is 437 g/mol. The number of nitrogens with zero attached hydrogens (tertiary/aromatic N) is 5. The molecule has 0 bridgehead atoms. The molecule has 0 unspecified atom stereocenters. The molecule has 1 aliphatic heterocycles. The van der Waals surface area contributed by atoms with Crippen LogP contribution in [0.1, 0.15) is 41.5 Å². The van der Waals surface area contributed by atoms with Crippen molar-refractivity contribution in [1.29, 1.82) is 0 Å². The van der Waals surface area contributed by atoms with Crippen molar-refractivity contribution in [2.24, 2.45) is 0 Å². The number of halogens is 1. The molecule has 1 aromatic carbocycles. The van der Waals surface area contributed by atoms with Crippen molar-refractivity contribution in [3.8, 4) is 11.1 Å². The molecule has 4 rings (SSSR count). The van der Waals surface area contributed by atoms with E-state index in [1.54, 1.807) is 18.3 Å². The lowest BCUT2D eigenvalue weighted by Gasteiger charge is -2.33. The van der Waals surface area contributed by atoms with Crippen LogP contribution in [0, 0.1) is 19.7 Å². The van der Waals surface area contributed by atoms with Gasteiger partial charge in [-0.05, 0) is 32.8 Å². The van der Waals surface area contributed by atoms with Crippen molar-refractivity contribution in [3.63, 3.8) is 0 Å². The van der Waals surface area contributed by atoms with Gasteiger partial charge in [0.05, 0.1) is 17.8 Å². The number of likely N-dealkylation sites (tertiary alicyclic amines) is 1. The van der Waals surface area contributed by atoms with Gasteiger partial charge in [0.25, 0.3) is 0 Å². The molecule has 3 aromatic rings. The third-order valence-corrected chi connectivity index (χ3v) is 6.04. The van der Waals surface area contributed by atoms with Gasteiger partial charge < -0.3 is 14.3 Å². The Morgan fingerprint density at radius 3 is 2.72 bits per heavy atom. The first-order valence-corrected chi connectivity index (χ1v) is 10.8. The van der Waals surface area contributed by atoms with Crippen LogP contribution >= 0.6 is 0 Å². The highest BCUT2D eigenvalue weighted by Crippen LogP contribution is 2.35. The highest BCUT2D eigenvalue weighted by molar-refractivity contribution is 5.79. The Kier molecular flexibility index (Phi) is 6.21. The number of aromatic nitrogens is 3. The van der Waals surface area contributed by atoms with Crippen molar-refractivity contribution < 1.29 is 13.7 Å². The Morgan fingerprint density at radius 1 is 1.25 bits per heavy atom. The Balaban J connectivity index is 1.64. The Labute approximate surface area is 187 Å². The van der Waals surface area contributed by atoms with E-state index in [2.05, 4.69) is 10.1 Å². The van der Waals surface area contributed by atoms with E-state index in [9.17, 15) is 9.18 Å². The largest absolute Gasteiger partial charge is 0.361 e. The predicted molar refractivity (Wildman–Crippen MR) is 120 cm³/mol. The topological polar surface area (TPSA) is 75.4 Å². The van der Waals surface area contributed by atoms with E-state index in [0.29, 0.717) is 35.9 Å². The minimum Gasteiger partial charge on any atom is -0.361 e. The number of rotatable bonds is 5. The van der Waals surface area contributed by atoms with Gasteiger partial charge in [0.1, 0.15) is 11.6 Å². The normalized spacial score (nSPS) is 16.3. The van der Waals surface area contributed by atoms with Crippen molar-refractivity contribution >= 4 is 11.9 Å². The van der Waals surface area contributed by atoms with Crippen LogP contribution in [0.15, 0.2) is 35.0 Å². The number of benzene rings is 1. The number of anilines is 1. The van der Waals surface area contributed by atoms with Crippen molar-refractivity contribution in [2.45, 2.75) is 39.0 Å². The second-order valence-electron chi connectivity index (χ2n) is 8.50. The zero-order chi connectivity index (χ0) is 22.8. The second kappa shape index (κ2) is 9.06. The van der Waals surface area contributed by atoms with Gasteiger partial charge in [-0.3, -0.25) is 4.79 Å². The molecule has 8 heteroatoms. The molecule has 168 valence electrons. The first-order chi connectivity index (χ1) is 15.3. The molecule has 3 heterocycles. The van der Waals surface area contributed by atoms with Crippen molar-refractivity contribution in [1.82, 2.24) is 20.0 Å². The van der Waals surface area contributed by atoms with E-state index in [4.69, 9.17) is 9.51 Å². The van der Waals surface area contributed by atoms with Crippen molar-refractivity contribution in [3.05, 3.63) is 59.0 Å². The zero-order valence-corrected chi connectivity index (χ0v) is 18.9. The van der Waals surface area contributed by atoms with E-state index in [1.807, 2.05) is 43.8 Å². The second-order valence-corrected chi connectivity index (χ2v) is 8.50. The minimum absolute atomic E-state index is 0.00586. The summed E-state index contributed by atoms with van der Waals surface area (Å²) >= 11 is 0. The number of amides is 1. The van der Waals surface area contributed by atoms with Crippen molar-refractivity contribution in [2.75, 3.05) is 32.1 Å². The first-order valence-electron chi connectivity index (χ1n) is 10.8. The fourth-order valence-electron chi connectivity index (χ4n) is 4.24. The average molecular weight is 438 g/mol. The Hall–Kier alpha value is -3.29. The molecular formula is C24H28FN5O2. The first kappa shape index (κ1) is 21.9. The fraction of sp³-hybridized carbons (Fsp3) is 0.417. The van der Waals surface area contributed by atoms with Gasteiger partial charge in [0, 0.05) is 56.0 Å². The van der Waals surface area contributed by atoms with Gasteiger partial charge in [-0.2, -0.15) is 0 Å². The van der Waals surface area contributed by atoms with Crippen LogP contribution in [0.4, 0.5) is 10.3 Å². The lowest BCUT2D eigenvalue weighted by atomic mass is 9.89. The summed E-state index contributed by atoms with van der Waals surface area (Å²) in [5.41, 5.74) is 3.54. The molecule has 1 saturated heterocycles. The molecule has 1 amide bonds. The lowest BCUT2D eigenvalue weighted by Crippen LogP contribution is -2.40. The third kappa shape index (κ3) is 4.35. The summed E-state index contributed by atoms with van der Waals surface area (Å²) < 4.78 is 19.8. The van der Waals surface area contributed by atoms with Gasteiger partial charge in [0.2, 0.25) is 11.9 Å². The SMILES string of the molecule is Cc1noc(C)c1CC(=O)N1CCC[C@H](c2nc(N(C)C)ncc2-c2ccccc2F)C1. The molecule has 0 saturated carbocycles. The van der Waals surface area contributed by atoms with Crippen LogP contribution in [-0.2, 0) is 11.2 Å². The number of carbonyl (C=O) groups is 1. The van der Waals surface area contributed by atoms with E-state index in [1.165, 1.54) is 6.07 Å². The average Bonchev–Trinajstić information content (AvgIpc) is 3.11. The highest BCUT2D eigenvalue weighted by Gasteiger charge is 2.29. The summed E-state index contributed by atoms with van der Waals surface area (Å²) in [6.07, 6.45) is 3.69. The van der Waals surface area contributed by atoms with Gasteiger partial charge in [-0.15, -0.1) is 0 Å². The molecule has 1 atom stereocenters. The van der Waals surface area contributed by atoms with E-state index in [0.717, 1.165) is 29.8 Å². The molecular weight excluding hydrogens is 409 g/mol. The summed E-state index contributed by atoms with van der Waals surface area (Å²) in [5, 5.41) is 3.95. The van der Waals surface area contributed by atoms with Crippen LogP contribution in [0.3, 0.4) is 0 Å². The molecule has 0 N–H and O–H groups in total. The molecule has 2 aromatic heterocycles. The smallest absolute Gasteiger partial charge is 0.227 e. The molecule has 0 radical (unpaired) electrons. The Morgan fingerprint density at radius 2 is 2.03 bits per heavy atom. The quantitative estimate of drug-likeness (QED) is 0.603. The number of hydrogen-bond acceptors (Lipinski definition) is 6. The van der Waals surface area contributed by atoms with Gasteiger partial charge in [-0.25, -0.2) is 14.4 Å². The maximum atomic E-state index is 14.6. The molecule has 0 aliphatic carbocycles. The standard InChI is InChI=1S/C24H28FN5O2/c1-15-19(16(2)32-28-15)12-22(31)30-11-7-8-17(14-30)23-20(13-26-24(27-23)29(3)4)18-9-5-6-10-21(18)25/h5-6,9-10,13,17H,7-8,11-12,14H2,1-4H3/t17-/m0/s1. The van der Waals surface area contributed by atoms with Gasteiger partial charge >= 0.3 is 0 Å². The number of piperidine rings is 1. The van der Waals surface area contributed by atoms with Crippen LogP contribution < -0.4 is 4.90 Å². The van der Waals surface area contributed by atoms with E-state index in [-0.39, 0.29) is 24.1 Å². The molecule has 0 spiro atoms. The number of aryl methyl sites for hydroxylation is 2. The number of hydrogen-bond donors (Lipinski definition) is 0. The lowest BCUT2D eigenvalue weighted by molar-refractivity contribution is -0.131. The number of carbonyl (C=O) groups excluding carboxylic acids is 1. The Bertz CT molecular complexity index is 1110. The minimum atomic E-state index is -0.308. The van der Waals surface area contributed by atoms with Gasteiger partial charge in [0.15, 0.2) is 0 Å². The fourth-order valence-corrected chi connectivity index (χ4v) is 4.24. The maximum absolute atomic E-state index is 14.6. The van der Waals surface area contributed by atoms with Crippen LogP contribution in [0.2, 0.25) is 0 Å². The van der Waals surface area contributed by atoms with E-state index >= 15 is 0 Å². The maximum Gasteiger partial charge on any atom is 0.227 e. The van der Waals surface area contributed by atoms with E-state index < -0.39 is 0 Å². The molecule has 7 nitrogen and oxygen atoms in total. The van der Waals surface area contributed by atoms with Crippen LogP contribution in [0.5, 0.6) is 0 Å². The van der Waals surface area contributed by atoms with Crippen LogP contribution in [-0.4, -0.2) is 53.1 Å². The molecule has 1 fully saturated rings. The molecule has 1 aliphatic rings. The third-order valence-electron chi connectivity index (χ3n) is 6.04. The van der Waals surface area contributed by atoms with Gasteiger partial charge in [-0.1, -0.05) is 23.4 Å². The summed E-state index contributed by atoms with van der Waals surface area (Å²) in [7, 11) is 3.75. The molecule has 32 heavy (non-hydrogen) atoms. The predicted octanol–water partition coefficient (Wildman–Crippen LogP) is 3.90. The zero-order valence-electron chi connectivity index (χ0n) is 18.9. The summed E-state index contributed by atoms with van der Waals surface area (Å²) in [5.74, 6) is 0.973. The van der Waals surface area contributed by atoms with Crippen LogP contribution in [0.25, 0.3) is 11.1 Å². The summed E-state index contributed by atoms with van der Waals surface area (Å²) in [6, 6.07) is 6.67. The highest BCUT2D eigenvalue weighted by atomic mass is 19.1. The summed E-state index contributed by atoms with van der Waals surface area (Å²) in [4.78, 5) is 26.0.